The van der Waals surface area contributed by atoms with Gasteiger partial charge in [0.25, 0.3) is 0 Å². The molecule has 0 unspecified atom stereocenters. The van der Waals surface area contributed by atoms with Crippen molar-refractivity contribution in [1.82, 2.24) is 8.95 Å². The molecule has 1 aliphatic rings. The molecule has 5 heteroatoms. The molecule has 0 amide bonds. The molecule has 0 spiro atoms. The van der Waals surface area contributed by atoms with Gasteiger partial charge in [-0.2, -0.15) is 0 Å². The standard InChI is InChI=1S/C3H8B2N2Si/c1-8-6(4)2-3-7(8)5/h8H,2-3H2,1H3. The molecule has 1 saturated heterocycles. The quantitative estimate of drug-likeness (QED) is 0.365. The lowest BCUT2D eigenvalue weighted by Crippen LogP contribution is -2.38. The Kier molecular flexibility index (Phi) is 1.80. The molecule has 0 bridgehead atoms. The molecule has 1 rings (SSSR count). The lowest BCUT2D eigenvalue weighted by atomic mass is 10.3. The van der Waals surface area contributed by atoms with Crippen LogP contribution in [0.5, 0.6) is 0 Å². The van der Waals surface area contributed by atoms with Gasteiger partial charge in [-0.3, -0.25) is 0 Å². The molecule has 1 aliphatic heterocycles. The van der Waals surface area contributed by atoms with Gasteiger partial charge in [0.05, 0.1) is 0 Å². The van der Waals surface area contributed by atoms with Crippen molar-refractivity contribution in [3.8, 4) is 0 Å². The van der Waals surface area contributed by atoms with Crippen LogP contribution in [0.15, 0.2) is 0 Å². The van der Waals surface area contributed by atoms with Crippen LogP contribution in [0.1, 0.15) is 0 Å². The molecular formula is C3H8B2N2Si. The molecular weight excluding hydrogens is 114 g/mol. The average Bonchev–Trinajstić information content (AvgIpc) is 1.98. The smallest absolute Gasteiger partial charge is 0.173 e. The molecule has 2 nitrogen and oxygen atoms in total. The predicted molar refractivity (Wildman–Crippen MR) is 37.9 cm³/mol. The molecule has 1 fully saturated rings. The Morgan fingerprint density at radius 2 is 1.62 bits per heavy atom. The van der Waals surface area contributed by atoms with Gasteiger partial charge in [-0.05, 0) is 19.6 Å². The van der Waals surface area contributed by atoms with Gasteiger partial charge in [-0.25, -0.2) is 0 Å². The molecule has 0 aromatic rings. The van der Waals surface area contributed by atoms with Crippen molar-refractivity contribution in [2.45, 2.75) is 6.55 Å². The van der Waals surface area contributed by atoms with E-state index in [4.69, 9.17) is 16.0 Å². The largest absolute Gasteiger partial charge is 0.365 e. The third-order valence-corrected chi connectivity index (χ3v) is 4.01. The summed E-state index contributed by atoms with van der Waals surface area (Å²) < 4.78 is 3.72. The molecule has 40 valence electrons. The summed E-state index contributed by atoms with van der Waals surface area (Å²) in [6.45, 7) is 3.99. The number of hydrogen-bond acceptors (Lipinski definition) is 2. The van der Waals surface area contributed by atoms with E-state index in [2.05, 4.69) is 6.55 Å². The van der Waals surface area contributed by atoms with Gasteiger partial charge in [0.15, 0.2) is 25.1 Å². The fraction of sp³-hybridized carbons (Fsp3) is 1.00. The van der Waals surface area contributed by atoms with E-state index < -0.39 is 9.12 Å². The van der Waals surface area contributed by atoms with Gasteiger partial charge in [-0.15, -0.1) is 0 Å². The van der Waals surface area contributed by atoms with Crippen LogP contribution in [0, 0.1) is 0 Å². The highest BCUT2D eigenvalue weighted by atomic mass is 28.3. The Hall–Kier alpha value is 0.267. The van der Waals surface area contributed by atoms with Gasteiger partial charge in [-0.1, -0.05) is 0 Å². The fourth-order valence-corrected chi connectivity index (χ4v) is 2.15. The van der Waals surface area contributed by atoms with E-state index in [1.807, 2.05) is 8.95 Å². The maximum absolute atomic E-state index is 5.54. The topological polar surface area (TPSA) is 6.48 Å². The Bertz CT molecular complexity index is 81.4. The minimum absolute atomic E-state index is 0.934. The number of hydrogen-bond donors (Lipinski definition) is 0. The second-order valence-corrected chi connectivity index (χ2v) is 4.70. The maximum Gasteiger partial charge on any atom is 0.173 e. The third-order valence-electron chi connectivity index (χ3n) is 1.58. The van der Waals surface area contributed by atoms with Crippen LogP contribution < -0.4 is 0 Å². The summed E-state index contributed by atoms with van der Waals surface area (Å²) in [5.41, 5.74) is 0. The van der Waals surface area contributed by atoms with E-state index in [9.17, 15) is 0 Å². The van der Waals surface area contributed by atoms with Crippen molar-refractivity contribution in [3.05, 3.63) is 0 Å². The predicted octanol–water partition coefficient (Wildman–Crippen LogP) is -1.38. The lowest BCUT2D eigenvalue weighted by Gasteiger charge is -2.18. The zero-order chi connectivity index (χ0) is 6.15. The van der Waals surface area contributed by atoms with E-state index >= 15 is 0 Å². The summed E-state index contributed by atoms with van der Waals surface area (Å²) in [7, 11) is 10.1. The SMILES string of the molecule is [B]N1CCN([B])[SiH]1C. The third kappa shape index (κ3) is 0.988. The molecule has 0 aliphatic carbocycles. The fourth-order valence-electron chi connectivity index (χ4n) is 0.795. The van der Waals surface area contributed by atoms with E-state index in [0.29, 0.717) is 0 Å². The zero-order valence-corrected chi connectivity index (χ0v) is 6.20. The molecule has 4 radical (unpaired) electrons. The minimum atomic E-state index is -1.02. The van der Waals surface area contributed by atoms with Crippen LogP contribution in [0.3, 0.4) is 0 Å². The summed E-state index contributed by atoms with van der Waals surface area (Å²) in [4.78, 5) is 0. The van der Waals surface area contributed by atoms with Crippen molar-refractivity contribution >= 4 is 25.1 Å². The van der Waals surface area contributed by atoms with Crippen molar-refractivity contribution in [2.75, 3.05) is 13.1 Å². The summed E-state index contributed by atoms with van der Waals surface area (Å²) in [6, 6.07) is 0. The zero-order valence-electron chi connectivity index (χ0n) is 5.04. The lowest BCUT2D eigenvalue weighted by molar-refractivity contribution is 0.696. The maximum atomic E-state index is 5.54. The van der Waals surface area contributed by atoms with Crippen LogP contribution in [0.4, 0.5) is 0 Å². The highest BCUT2D eigenvalue weighted by molar-refractivity contribution is 6.62. The Morgan fingerprint density at radius 1 is 1.25 bits per heavy atom. The first-order valence-corrected chi connectivity index (χ1v) is 4.93. The van der Waals surface area contributed by atoms with E-state index in [-0.39, 0.29) is 0 Å². The molecule has 0 saturated carbocycles. The first-order valence-electron chi connectivity index (χ1n) is 2.74. The number of rotatable bonds is 0. The second kappa shape index (κ2) is 2.25. The Balaban J connectivity index is 2.44. The van der Waals surface area contributed by atoms with Crippen molar-refractivity contribution in [3.63, 3.8) is 0 Å². The molecule has 8 heavy (non-hydrogen) atoms. The monoisotopic (exact) mass is 122 g/mol. The molecule has 0 atom stereocenters. The highest BCUT2D eigenvalue weighted by Crippen LogP contribution is 2.02. The summed E-state index contributed by atoms with van der Waals surface area (Å²) in [5, 5.41) is 0. The minimum Gasteiger partial charge on any atom is -0.365 e. The van der Waals surface area contributed by atoms with Gasteiger partial charge in [0.1, 0.15) is 0 Å². The molecule has 0 aromatic heterocycles. The summed E-state index contributed by atoms with van der Waals surface area (Å²) in [5.74, 6) is 0. The van der Waals surface area contributed by atoms with Crippen molar-refractivity contribution in [1.29, 1.82) is 0 Å². The van der Waals surface area contributed by atoms with E-state index in [1.165, 1.54) is 0 Å². The van der Waals surface area contributed by atoms with Crippen LogP contribution in [-0.2, 0) is 0 Å². The van der Waals surface area contributed by atoms with Gasteiger partial charge in [0, 0.05) is 0 Å². The summed E-state index contributed by atoms with van der Waals surface area (Å²) in [6.07, 6.45) is 0. The molecule has 1 heterocycles. The van der Waals surface area contributed by atoms with E-state index in [1.54, 1.807) is 0 Å². The summed E-state index contributed by atoms with van der Waals surface area (Å²) >= 11 is 0. The van der Waals surface area contributed by atoms with E-state index in [0.717, 1.165) is 13.1 Å². The van der Waals surface area contributed by atoms with Crippen LogP contribution >= 0.6 is 0 Å². The first kappa shape index (κ1) is 6.39. The molecule has 0 N–H and O–H groups in total. The van der Waals surface area contributed by atoms with Crippen LogP contribution in [-0.4, -0.2) is 47.1 Å². The normalized spacial score (nSPS) is 27.1. The van der Waals surface area contributed by atoms with Crippen LogP contribution in [0.2, 0.25) is 6.55 Å². The molecule has 0 aromatic carbocycles. The van der Waals surface area contributed by atoms with Gasteiger partial charge in [0.2, 0.25) is 0 Å². The van der Waals surface area contributed by atoms with Crippen molar-refractivity contribution < 1.29 is 0 Å². The second-order valence-electron chi connectivity index (χ2n) is 2.11. The Morgan fingerprint density at radius 3 is 1.75 bits per heavy atom. The number of nitrogens with zero attached hydrogens (tertiary/aromatic N) is 2. The first-order chi connectivity index (χ1) is 3.72. The van der Waals surface area contributed by atoms with Gasteiger partial charge >= 0.3 is 0 Å². The highest BCUT2D eigenvalue weighted by Gasteiger charge is 2.21. The van der Waals surface area contributed by atoms with Crippen LogP contribution in [0.25, 0.3) is 0 Å². The van der Waals surface area contributed by atoms with Crippen molar-refractivity contribution in [2.24, 2.45) is 0 Å². The average molecular weight is 122 g/mol. The van der Waals surface area contributed by atoms with Gasteiger partial charge < -0.3 is 8.95 Å². The Labute approximate surface area is 54.5 Å².